The molecule has 10 rings (SSSR count). The summed E-state index contributed by atoms with van der Waals surface area (Å²) in [5.74, 6) is 1.85. The third-order valence-electron chi connectivity index (χ3n) is 11.4. The smallest absolute Gasteiger partial charge is 0.164 e. The van der Waals surface area contributed by atoms with E-state index in [2.05, 4.69) is 135 Å². The first-order valence-corrected chi connectivity index (χ1v) is 18.8. The van der Waals surface area contributed by atoms with Crippen LogP contribution in [0.25, 0.3) is 89.5 Å². The Morgan fingerprint density at radius 2 is 0.963 bits per heavy atom. The third-order valence-corrected chi connectivity index (χ3v) is 11.4. The first-order chi connectivity index (χ1) is 26.6. The summed E-state index contributed by atoms with van der Waals surface area (Å²) < 4.78 is 6.48. The summed E-state index contributed by atoms with van der Waals surface area (Å²) in [6.07, 6.45) is 2.15. The van der Waals surface area contributed by atoms with Crippen LogP contribution in [0.5, 0.6) is 0 Å². The Labute approximate surface area is 314 Å². The Morgan fingerprint density at radius 1 is 0.407 bits per heavy atom. The number of hydrogen-bond donors (Lipinski definition) is 0. The van der Waals surface area contributed by atoms with Gasteiger partial charge in [0.25, 0.3) is 0 Å². The van der Waals surface area contributed by atoms with Gasteiger partial charge in [-0.05, 0) is 87.7 Å². The van der Waals surface area contributed by atoms with Crippen LogP contribution in [0.3, 0.4) is 0 Å². The number of fused-ring (bicyclic) bond motifs is 6. The molecule has 0 saturated carbocycles. The zero-order valence-corrected chi connectivity index (χ0v) is 30.3. The van der Waals surface area contributed by atoms with Crippen LogP contribution >= 0.6 is 0 Å². The monoisotopic (exact) mass is 695 g/mol. The van der Waals surface area contributed by atoms with E-state index in [1.807, 2.05) is 42.5 Å². The van der Waals surface area contributed by atoms with Crippen LogP contribution in [-0.4, -0.2) is 15.0 Å². The van der Waals surface area contributed by atoms with Gasteiger partial charge in [-0.25, -0.2) is 15.0 Å². The van der Waals surface area contributed by atoms with Gasteiger partial charge in [-0.15, -0.1) is 0 Å². The van der Waals surface area contributed by atoms with Crippen LogP contribution in [0.15, 0.2) is 168 Å². The first kappa shape index (κ1) is 32.0. The second kappa shape index (κ2) is 12.8. The normalized spacial score (nSPS) is 12.9. The minimum Gasteiger partial charge on any atom is -0.456 e. The summed E-state index contributed by atoms with van der Waals surface area (Å²) >= 11 is 0. The average molecular weight is 696 g/mol. The van der Waals surface area contributed by atoms with Gasteiger partial charge in [0.2, 0.25) is 0 Å². The molecule has 2 heterocycles. The molecule has 7 aromatic carbocycles. The maximum Gasteiger partial charge on any atom is 0.164 e. The summed E-state index contributed by atoms with van der Waals surface area (Å²) in [6.45, 7) is 4.63. The van der Waals surface area contributed by atoms with Gasteiger partial charge in [-0.3, -0.25) is 0 Å². The van der Waals surface area contributed by atoms with Gasteiger partial charge in [0, 0.05) is 32.9 Å². The van der Waals surface area contributed by atoms with Crippen LogP contribution in [-0.2, 0) is 5.41 Å². The molecule has 0 aliphatic heterocycles. The molecule has 0 spiro atoms. The van der Waals surface area contributed by atoms with Gasteiger partial charge in [-0.2, -0.15) is 0 Å². The molecule has 4 heteroatoms. The maximum atomic E-state index is 6.48. The van der Waals surface area contributed by atoms with Crippen molar-refractivity contribution in [2.24, 2.45) is 0 Å². The molecule has 0 radical (unpaired) electrons. The highest BCUT2D eigenvalue weighted by Gasteiger charge is 2.40. The molecular formula is C50H37N3O. The Bertz CT molecular complexity index is 2850. The molecule has 2 aromatic heterocycles. The predicted octanol–water partition coefficient (Wildman–Crippen LogP) is 13.2. The van der Waals surface area contributed by atoms with Crippen molar-refractivity contribution >= 4 is 21.9 Å². The molecular weight excluding hydrogens is 659 g/mol. The summed E-state index contributed by atoms with van der Waals surface area (Å²) in [4.78, 5) is 15.2. The Kier molecular flexibility index (Phi) is 7.58. The SMILES string of the molecule is CCC1(CC)c2ccccc2-c2cc(-c3cccc(-c4nc(-c5ccccc5)nc(-c5ccc6c(c5)oc5cccc(-c7ccccc7)c56)n4)c3)ccc21. The standard InChI is InChI=1S/C50H37N3O/c1-3-50(4-2)42-23-12-11-21-39(42)41-30-35(26-28-43(41)50)34-19-13-20-36(29-34)48-51-47(33-17-9-6-10-18-33)52-49(53-48)37-25-27-40-45(31-37)54-44-24-14-22-38(46(40)44)32-15-7-5-8-16-32/h5-31H,3-4H2,1-2H3. The number of benzene rings is 7. The molecule has 54 heavy (non-hydrogen) atoms. The van der Waals surface area contributed by atoms with Crippen molar-refractivity contribution in [3.63, 3.8) is 0 Å². The summed E-state index contributed by atoms with van der Waals surface area (Å²) in [5, 5.41) is 2.17. The Balaban J connectivity index is 1.09. The van der Waals surface area contributed by atoms with Crippen LogP contribution in [0.2, 0.25) is 0 Å². The third kappa shape index (κ3) is 5.09. The highest BCUT2D eigenvalue weighted by Crippen LogP contribution is 2.53. The fraction of sp³-hybridized carbons (Fsp3) is 0.100. The molecule has 0 N–H and O–H groups in total. The Morgan fingerprint density at radius 3 is 1.72 bits per heavy atom. The van der Waals surface area contributed by atoms with E-state index in [9.17, 15) is 0 Å². The minimum absolute atomic E-state index is 0.0526. The quantitative estimate of drug-likeness (QED) is 0.167. The lowest BCUT2D eigenvalue weighted by atomic mass is 9.74. The van der Waals surface area contributed by atoms with Crippen molar-refractivity contribution in [3.8, 4) is 67.5 Å². The molecule has 4 nitrogen and oxygen atoms in total. The van der Waals surface area contributed by atoms with Crippen LogP contribution in [0.4, 0.5) is 0 Å². The van der Waals surface area contributed by atoms with E-state index in [1.54, 1.807) is 0 Å². The van der Waals surface area contributed by atoms with Gasteiger partial charge < -0.3 is 4.42 Å². The molecule has 0 amide bonds. The van der Waals surface area contributed by atoms with Crippen molar-refractivity contribution in [1.29, 1.82) is 0 Å². The molecule has 0 bridgehead atoms. The highest BCUT2D eigenvalue weighted by molar-refractivity contribution is 6.13. The van der Waals surface area contributed by atoms with Crippen LogP contribution in [0, 0.1) is 0 Å². The van der Waals surface area contributed by atoms with Crippen molar-refractivity contribution < 1.29 is 4.42 Å². The predicted molar refractivity (Wildman–Crippen MR) is 221 cm³/mol. The fourth-order valence-electron chi connectivity index (χ4n) is 8.67. The molecule has 1 aliphatic carbocycles. The van der Waals surface area contributed by atoms with E-state index in [0.717, 1.165) is 68.2 Å². The first-order valence-electron chi connectivity index (χ1n) is 18.8. The second-order valence-corrected chi connectivity index (χ2v) is 14.2. The molecule has 0 saturated heterocycles. The van der Waals surface area contributed by atoms with Gasteiger partial charge in [0.1, 0.15) is 11.2 Å². The van der Waals surface area contributed by atoms with Crippen LogP contribution in [0.1, 0.15) is 37.8 Å². The molecule has 9 aromatic rings. The zero-order valence-electron chi connectivity index (χ0n) is 30.3. The summed E-state index contributed by atoms with van der Waals surface area (Å²) in [5.41, 5.74) is 14.6. The number of furan rings is 1. The number of hydrogen-bond acceptors (Lipinski definition) is 4. The van der Waals surface area contributed by atoms with Crippen molar-refractivity contribution in [2.75, 3.05) is 0 Å². The number of aromatic nitrogens is 3. The maximum absolute atomic E-state index is 6.48. The Hall–Kier alpha value is -6.65. The molecule has 1 aliphatic rings. The van der Waals surface area contributed by atoms with E-state index in [4.69, 9.17) is 19.4 Å². The van der Waals surface area contributed by atoms with E-state index in [1.165, 1.54) is 27.8 Å². The molecule has 0 atom stereocenters. The average Bonchev–Trinajstić information content (AvgIpc) is 3.77. The van der Waals surface area contributed by atoms with Gasteiger partial charge in [-0.1, -0.05) is 147 Å². The summed E-state index contributed by atoms with van der Waals surface area (Å²) in [6, 6.07) is 57.7. The van der Waals surface area contributed by atoms with Gasteiger partial charge in [0.15, 0.2) is 17.5 Å². The van der Waals surface area contributed by atoms with Gasteiger partial charge in [0.05, 0.1) is 0 Å². The van der Waals surface area contributed by atoms with E-state index in [0.29, 0.717) is 17.5 Å². The van der Waals surface area contributed by atoms with Crippen LogP contribution < -0.4 is 0 Å². The van der Waals surface area contributed by atoms with E-state index >= 15 is 0 Å². The van der Waals surface area contributed by atoms with Gasteiger partial charge >= 0.3 is 0 Å². The lowest BCUT2D eigenvalue weighted by Crippen LogP contribution is -2.22. The summed E-state index contributed by atoms with van der Waals surface area (Å²) in [7, 11) is 0. The lowest BCUT2D eigenvalue weighted by Gasteiger charge is -2.29. The largest absolute Gasteiger partial charge is 0.456 e. The highest BCUT2D eigenvalue weighted by atomic mass is 16.3. The topological polar surface area (TPSA) is 51.8 Å². The van der Waals surface area contributed by atoms with Crippen molar-refractivity contribution in [2.45, 2.75) is 32.1 Å². The van der Waals surface area contributed by atoms with Crippen molar-refractivity contribution in [3.05, 3.63) is 175 Å². The second-order valence-electron chi connectivity index (χ2n) is 14.2. The van der Waals surface area contributed by atoms with E-state index in [-0.39, 0.29) is 5.41 Å². The minimum atomic E-state index is 0.0526. The molecule has 0 unspecified atom stereocenters. The van der Waals surface area contributed by atoms with Crippen molar-refractivity contribution in [1.82, 2.24) is 15.0 Å². The molecule has 258 valence electrons. The van der Waals surface area contributed by atoms with E-state index < -0.39 is 0 Å². The zero-order chi connectivity index (χ0) is 36.2. The molecule has 0 fully saturated rings. The lowest BCUT2D eigenvalue weighted by molar-refractivity contribution is 0.490. The number of nitrogens with zero attached hydrogens (tertiary/aromatic N) is 3. The fourth-order valence-corrected chi connectivity index (χ4v) is 8.67. The number of rotatable bonds is 7.